The molecule has 124 valence electrons. The van der Waals surface area contributed by atoms with Gasteiger partial charge in [-0.05, 0) is 18.8 Å². The van der Waals surface area contributed by atoms with E-state index in [1.54, 1.807) is 0 Å². The minimum atomic E-state index is -0.155. The first kappa shape index (κ1) is 16.0. The topological polar surface area (TPSA) is 50.5 Å². The average Bonchev–Trinajstić information content (AvgIpc) is 3.08. The van der Waals surface area contributed by atoms with Gasteiger partial charge >= 0.3 is 0 Å². The van der Waals surface area contributed by atoms with Crippen LogP contribution in [0.15, 0.2) is 12.4 Å². The van der Waals surface area contributed by atoms with Crippen molar-refractivity contribution in [3.63, 3.8) is 0 Å². The van der Waals surface area contributed by atoms with Gasteiger partial charge in [0.05, 0.1) is 25.5 Å². The lowest BCUT2D eigenvalue weighted by Gasteiger charge is -2.39. The van der Waals surface area contributed by atoms with Gasteiger partial charge in [-0.25, -0.2) is 0 Å². The molecule has 3 atom stereocenters. The quantitative estimate of drug-likeness (QED) is 0.903. The highest BCUT2D eigenvalue weighted by molar-refractivity contribution is 5.05. The van der Waals surface area contributed by atoms with Crippen LogP contribution >= 0.6 is 0 Å². The van der Waals surface area contributed by atoms with Gasteiger partial charge in [0.2, 0.25) is 0 Å². The first-order chi connectivity index (χ1) is 10.6. The SMILES string of the molecule is CC(C)Cn1cc(CN2CCOCC2C2CCCC2O)cn1. The lowest BCUT2D eigenvalue weighted by molar-refractivity contribution is -0.0536. The predicted octanol–water partition coefficient (Wildman–Crippen LogP) is 1.90. The largest absolute Gasteiger partial charge is 0.393 e. The van der Waals surface area contributed by atoms with Gasteiger partial charge in [-0.3, -0.25) is 9.58 Å². The van der Waals surface area contributed by atoms with E-state index in [4.69, 9.17) is 4.74 Å². The van der Waals surface area contributed by atoms with E-state index in [-0.39, 0.29) is 6.10 Å². The maximum Gasteiger partial charge on any atom is 0.0626 e. The van der Waals surface area contributed by atoms with Gasteiger partial charge in [0.1, 0.15) is 0 Å². The summed E-state index contributed by atoms with van der Waals surface area (Å²) in [6, 6.07) is 0.347. The van der Waals surface area contributed by atoms with Gasteiger partial charge in [0.15, 0.2) is 0 Å². The van der Waals surface area contributed by atoms with E-state index in [2.05, 4.69) is 30.0 Å². The van der Waals surface area contributed by atoms with Crippen LogP contribution in [0.5, 0.6) is 0 Å². The number of ether oxygens (including phenoxy) is 1. The van der Waals surface area contributed by atoms with Crippen molar-refractivity contribution in [2.24, 2.45) is 11.8 Å². The minimum absolute atomic E-state index is 0.155. The molecule has 1 aromatic rings. The Balaban J connectivity index is 1.65. The second-order valence-electron chi connectivity index (χ2n) is 7.24. The number of aromatic nitrogens is 2. The maximum absolute atomic E-state index is 10.2. The van der Waals surface area contributed by atoms with Gasteiger partial charge in [0.25, 0.3) is 0 Å². The molecule has 0 bridgehead atoms. The molecule has 3 rings (SSSR count). The summed E-state index contributed by atoms with van der Waals surface area (Å²) in [6.45, 7) is 8.79. The maximum atomic E-state index is 10.2. The highest BCUT2D eigenvalue weighted by atomic mass is 16.5. The molecular formula is C17H29N3O2. The Bertz CT molecular complexity index is 474. The Labute approximate surface area is 133 Å². The zero-order valence-corrected chi connectivity index (χ0v) is 13.8. The molecule has 1 aliphatic heterocycles. The number of aliphatic hydroxyl groups excluding tert-OH is 1. The van der Waals surface area contributed by atoms with Crippen LogP contribution in [0.2, 0.25) is 0 Å². The molecule has 2 fully saturated rings. The van der Waals surface area contributed by atoms with E-state index in [1.165, 1.54) is 5.56 Å². The zero-order chi connectivity index (χ0) is 15.5. The lowest BCUT2D eigenvalue weighted by atomic mass is 9.94. The summed E-state index contributed by atoms with van der Waals surface area (Å²) >= 11 is 0. The van der Waals surface area contributed by atoms with E-state index in [0.29, 0.717) is 17.9 Å². The summed E-state index contributed by atoms with van der Waals surface area (Å²) in [5, 5.41) is 14.7. The molecule has 0 aromatic carbocycles. The van der Waals surface area contributed by atoms with Gasteiger partial charge in [0, 0.05) is 43.4 Å². The van der Waals surface area contributed by atoms with Gasteiger partial charge < -0.3 is 9.84 Å². The van der Waals surface area contributed by atoms with Gasteiger partial charge in [-0.15, -0.1) is 0 Å². The molecule has 1 saturated carbocycles. The average molecular weight is 307 g/mol. The Morgan fingerprint density at radius 1 is 1.41 bits per heavy atom. The molecule has 5 heteroatoms. The smallest absolute Gasteiger partial charge is 0.0626 e. The van der Waals surface area contributed by atoms with Crippen molar-refractivity contribution in [2.75, 3.05) is 19.8 Å². The molecule has 2 aliphatic rings. The van der Waals surface area contributed by atoms with E-state index in [0.717, 1.165) is 52.1 Å². The normalized spacial score (nSPS) is 30.3. The van der Waals surface area contributed by atoms with Crippen LogP contribution in [0, 0.1) is 11.8 Å². The Morgan fingerprint density at radius 3 is 3.00 bits per heavy atom. The lowest BCUT2D eigenvalue weighted by Crippen LogP contribution is -2.50. The van der Waals surface area contributed by atoms with E-state index < -0.39 is 0 Å². The molecule has 2 heterocycles. The van der Waals surface area contributed by atoms with E-state index >= 15 is 0 Å². The fourth-order valence-corrected chi connectivity index (χ4v) is 3.86. The van der Waals surface area contributed by atoms with Gasteiger partial charge in [-0.2, -0.15) is 5.10 Å². The molecule has 0 radical (unpaired) electrons. The van der Waals surface area contributed by atoms with E-state index in [1.807, 2.05) is 10.9 Å². The summed E-state index contributed by atoms with van der Waals surface area (Å²) in [7, 11) is 0. The third kappa shape index (κ3) is 3.70. The summed E-state index contributed by atoms with van der Waals surface area (Å²) in [5.74, 6) is 0.975. The second kappa shape index (κ2) is 7.11. The molecule has 0 spiro atoms. The minimum Gasteiger partial charge on any atom is -0.393 e. The molecular weight excluding hydrogens is 278 g/mol. The molecule has 1 saturated heterocycles. The Hall–Kier alpha value is -0.910. The molecule has 5 nitrogen and oxygen atoms in total. The van der Waals surface area contributed by atoms with Crippen LogP contribution in [0.3, 0.4) is 0 Å². The van der Waals surface area contributed by atoms with Crippen LogP contribution < -0.4 is 0 Å². The molecule has 22 heavy (non-hydrogen) atoms. The fraction of sp³-hybridized carbons (Fsp3) is 0.824. The molecule has 1 N–H and O–H groups in total. The number of nitrogens with zero attached hydrogens (tertiary/aromatic N) is 3. The number of hydrogen-bond donors (Lipinski definition) is 1. The van der Waals surface area contributed by atoms with Crippen molar-refractivity contribution in [3.05, 3.63) is 18.0 Å². The van der Waals surface area contributed by atoms with Crippen molar-refractivity contribution in [3.8, 4) is 0 Å². The summed E-state index contributed by atoms with van der Waals surface area (Å²) < 4.78 is 7.74. The van der Waals surface area contributed by atoms with Crippen LogP contribution in [-0.4, -0.2) is 51.7 Å². The summed E-state index contributed by atoms with van der Waals surface area (Å²) in [5.41, 5.74) is 1.26. The first-order valence-corrected chi connectivity index (χ1v) is 8.64. The number of aliphatic hydroxyl groups is 1. The van der Waals surface area contributed by atoms with Crippen molar-refractivity contribution in [1.29, 1.82) is 0 Å². The van der Waals surface area contributed by atoms with Crippen LogP contribution in [0.4, 0.5) is 0 Å². The number of morpholine rings is 1. The van der Waals surface area contributed by atoms with Gasteiger partial charge in [-0.1, -0.05) is 20.3 Å². The Morgan fingerprint density at radius 2 is 2.27 bits per heavy atom. The monoisotopic (exact) mass is 307 g/mol. The highest BCUT2D eigenvalue weighted by Gasteiger charge is 2.37. The highest BCUT2D eigenvalue weighted by Crippen LogP contribution is 2.32. The van der Waals surface area contributed by atoms with Crippen molar-refractivity contribution in [2.45, 2.75) is 58.3 Å². The fourth-order valence-electron chi connectivity index (χ4n) is 3.86. The number of rotatable bonds is 5. The van der Waals surface area contributed by atoms with Crippen LogP contribution in [0.1, 0.15) is 38.7 Å². The summed E-state index contributed by atoms with van der Waals surface area (Å²) in [4.78, 5) is 2.49. The molecule has 0 amide bonds. The molecule has 1 aliphatic carbocycles. The second-order valence-corrected chi connectivity index (χ2v) is 7.24. The zero-order valence-electron chi connectivity index (χ0n) is 13.8. The predicted molar refractivity (Wildman–Crippen MR) is 85.4 cm³/mol. The third-order valence-electron chi connectivity index (χ3n) is 4.93. The standard InChI is InChI=1S/C17H29N3O2/c1-13(2)9-20-11-14(8-18-20)10-19-6-7-22-12-16(19)15-4-3-5-17(15)21/h8,11,13,15-17,21H,3-7,9-10,12H2,1-2H3. The van der Waals surface area contributed by atoms with Crippen LogP contribution in [0.25, 0.3) is 0 Å². The summed E-state index contributed by atoms with van der Waals surface area (Å²) in [6.07, 6.45) is 7.21. The van der Waals surface area contributed by atoms with Crippen LogP contribution in [-0.2, 0) is 17.8 Å². The number of hydrogen-bond acceptors (Lipinski definition) is 4. The third-order valence-corrected chi connectivity index (χ3v) is 4.93. The first-order valence-electron chi connectivity index (χ1n) is 8.64. The van der Waals surface area contributed by atoms with Crippen molar-refractivity contribution < 1.29 is 9.84 Å². The Kier molecular flexibility index (Phi) is 5.16. The van der Waals surface area contributed by atoms with Crippen molar-refractivity contribution in [1.82, 2.24) is 14.7 Å². The molecule has 1 aromatic heterocycles. The van der Waals surface area contributed by atoms with E-state index in [9.17, 15) is 5.11 Å². The van der Waals surface area contributed by atoms with Crippen molar-refractivity contribution >= 4 is 0 Å². The molecule has 3 unspecified atom stereocenters.